The normalized spacial score (nSPS) is 10.8. The first-order valence-electron chi connectivity index (χ1n) is 10.2. The van der Waals surface area contributed by atoms with Crippen LogP contribution in [0.1, 0.15) is 0 Å². The zero-order valence-electron chi connectivity index (χ0n) is 17.0. The van der Waals surface area contributed by atoms with Crippen molar-refractivity contribution in [1.29, 1.82) is 0 Å². The third-order valence-corrected chi connectivity index (χ3v) is 5.25. The summed E-state index contributed by atoms with van der Waals surface area (Å²) in [6.07, 6.45) is 0. The molecule has 0 saturated carbocycles. The Bertz CT molecular complexity index is 1330. The van der Waals surface area contributed by atoms with E-state index in [0.717, 1.165) is 16.7 Å². The summed E-state index contributed by atoms with van der Waals surface area (Å²) in [5, 5.41) is 0. The van der Waals surface area contributed by atoms with Crippen LogP contribution < -0.4 is 0 Å². The number of rotatable bonds is 4. The molecule has 1 heterocycles. The Kier molecular flexibility index (Phi) is 5.26. The second-order valence-electron chi connectivity index (χ2n) is 7.37. The van der Waals surface area contributed by atoms with Gasteiger partial charge in [0.2, 0.25) is 0 Å². The Labute approximate surface area is 184 Å². The van der Waals surface area contributed by atoms with Gasteiger partial charge in [-0.25, -0.2) is 18.7 Å². The van der Waals surface area contributed by atoms with Crippen LogP contribution in [0.3, 0.4) is 0 Å². The minimum atomic E-state index is -0.394. The average Bonchev–Trinajstić information content (AvgIpc) is 2.85. The molecule has 0 aliphatic heterocycles. The zero-order valence-corrected chi connectivity index (χ0v) is 17.0. The van der Waals surface area contributed by atoms with E-state index in [2.05, 4.69) is 9.97 Å². The summed E-state index contributed by atoms with van der Waals surface area (Å²) in [7, 11) is 0. The minimum Gasteiger partial charge on any atom is -0.228 e. The molecular formula is C28H18F2N2. The third-order valence-electron chi connectivity index (χ3n) is 5.25. The first kappa shape index (κ1) is 19.8. The second-order valence-corrected chi connectivity index (χ2v) is 7.37. The highest BCUT2D eigenvalue weighted by Gasteiger charge is 2.15. The lowest BCUT2D eigenvalue weighted by molar-refractivity contribution is 0.630. The standard InChI is InChI=1S/C28H18F2N2/c29-24-15-6-4-13-22(24)26-18-27(23-14-5-7-16-25(23)30)32-28(31-26)21-12-8-11-20(17-21)19-9-2-1-3-10-19/h1-18H. The van der Waals surface area contributed by atoms with Gasteiger partial charge in [-0.2, -0.15) is 0 Å². The Morgan fingerprint density at radius 2 is 0.938 bits per heavy atom. The summed E-state index contributed by atoms with van der Waals surface area (Å²) in [5.74, 6) is -0.383. The van der Waals surface area contributed by atoms with Gasteiger partial charge in [0.15, 0.2) is 5.82 Å². The molecule has 4 aromatic carbocycles. The van der Waals surface area contributed by atoms with Crippen LogP contribution in [-0.2, 0) is 0 Å². The van der Waals surface area contributed by atoms with E-state index in [-0.39, 0.29) is 0 Å². The second kappa shape index (κ2) is 8.52. The zero-order chi connectivity index (χ0) is 21.9. The van der Waals surface area contributed by atoms with Gasteiger partial charge in [-0.3, -0.25) is 0 Å². The predicted octanol–water partition coefficient (Wildman–Crippen LogP) is 7.42. The van der Waals surface area contributed by atoms with E-state index >= 15 is 0 Å². The van der Waals surface area contributed by atoms with Crippen LogP contribution in [0.2, 0.25) is 0 Å². The topological polar surface area (TPSA) is 25.8 Å². The molecule has 154 valence electrons. The van der Waals surface area contributed by atoms with Crippen LogP contribution in [-0.4, -0.2) is 9.97 Å². The van der Waals surface area contributed by atoms with Crippen molar-refractivity contribution in [1.82, 2.24) is 9.97 Å². The molecule has 0 amide bonds. The monoisotopic (exact) mass is 420 g/mol. The van der Waals surface area contributed by atoms with E-state index in [1.807, 2.05) is 54.6 Å². The lowest BCUT2D eigenvalue weighted by Crippen LogP contribution is -1.98. The number of aromatic nitrogens is 2. The Morgan fingerprint density at radius 1 is 0.438 bits per heavy atom. The average molecular weight is 420 g/mol. The van der Waals surface area contributed by atoms with Crippen molar-refractivity contribution in [2.24, 2.45) is 0 Å². The largest absolute Gasteiger partial charge is 0.228 e. The van der Waals surface area contributed by atoms with E-state index in [0.29, 0.717) is 28.3 Å². The molecule has 2 nitrogen and oxygen atoms in total. The van der Waals surface area contributed by atoms with Gasteiger partial charge >= 0.3 is 0 Å². The van der Waals surface area contributed by atoms with Gasteiger partial charge in [-0.15, -0.1) is 0 Å². The molecule has 0 bridgehead atoms. The lowest BCUT2D eigenvalue weighted by Gasteiger charge is -2.11. The summed E-state index contributed by atoms with van der Waals surface area (Å²) in [4.78, 5) is 9.30. The highest BCUT2D eigenvalue weighted by Crippen LogP contribution is 2.31. The molecular weight excluding hydrogens is 402 g/mol. The van der Waals surface area contributed by atoms with Gasteiger partial charge in [-0.05, 0) is 47.5 Å². The van der Waals surface area contributed by atoms with Gasteiger partial charge in [0.25, 0.3) is 0 Å². The maximum absolute atomic E-state index is 14.6. The maximum Gasteiger partial charge on any atom is 0.160 e. The van der Waals surface area contributed by atoms with Crippen molar-refractivity contribution in [3.05, 3.63) is 121 Å². The highest BCUT2D eigenvalue weighted by molar-refractivity contribution is 5.75. The number of halogens is 2. The van der Waals surface area contributed by atoms with Crippen LogP contribution in [0.5, 0.6) is 0 Å². The predicted molar refractivity (Wildman–Crippen MR) is 124 cm³/mol. The molecule has 0 aliphatic carbocycles. The summed E-state index contributed by atoms with van der Waals surface area (Å²) in [6.45, 7) is 0. The van der Waals surface area contributed by atoms with Crippen LogP contribution in [0, 0.1) is 11.6 Å². The van der Waals surface area contributed by atoms with Crippen molar-refractivity contribution in [3.8, 4) is 45.0 Å². The van der Waals surface area contributed by atoms with E-state index in [4.69, 9.17) is 0 Å². The third kappa shape index (κ3) is 3.91. The number of benzene rings is 4. The first-order valence-corrected chi connectivity index (χ1v) is 10.2. The fraction of sp³-hybridized carbons (Fsp3) is 0. The van der Waals surface area contributed by atoms with Crippen molar-refractivity contribution in [2.45, 2.75) is 0 Å². The van der Waals surface area contributed by atoms with Crippen LogP contribution in [0.15, 0.2) is 109 Å². The van der Waals surface area contributed by atoms with Gasteiger partial charge in [-0.1, -0.05) is 72.8 Å². The molecule has 4 heteroatoms. The summed E-state index contributed by atoms with van der Waals surface area (Å²) >= 11 is 0. The molecule has 5 aromatic rings. The van der Waals surface area contributed by atoms with E-state index < -0.39 is 11.6 Å². The van der Waals surface area contributed by atoms with Crippen LogP contribution in [0.25, 0.3) is 45.0 Å². The molecule has 0 unspecified atom stereocenters. The molecule has 0 fully saturated rings. The van der Waals surface area contributed by atoms with Crippen molar-refractivity contribution < 1.29 is 8.78 Å². The lowest BCUT2D eigenvalue weighted by atomic mass is 10.0. The van der Waals surface area contributed by atoms with E-state index in [9.17, 15) is 8.78 Å². The van der Waals surface area contributed by atoms with Gasteiger partial charge in [0.05, 0.1) is 11.4 Å². The summed E-state index contributed by atoms with van der Waals surface area (Å²) in [5.41, 5.74) is 4.32. The van der Waals surface area contributed by atoms with Crippen molar-refractivity contribution >= 4 is 0 Å². The molecule has 5 rings (SSSR count). The molecule has 1 aromatic heterocycles. The molecule has 0 saturated heterocycles. The Balaban J connectivity index is 1.71. The SMILES string of the molecule is Fc1ccccc1-c1cc(-c2ccccc2F)nc(-c2cccc(-c3ccccc3)c2)n1. The number of nitrogens with zero attached hydrogens (tertiary/aromatic N) is 2. The smallest absolute Gasteiger partial charge is 0.160 e. The minimum absolute atomic E-state index is 0.341. The van der Waals surface area contributed by atoms with Gasteiger partial charge < -0.3 is 0 Å². The van der Waals surface area contributed by atoms with Crippen molar-refractivity contribution in [2.75, 3.05) is 0 Å². The first-order chi connectivity index (χ1) is 15.7. The molecule has 0 aliphatic rings. The van der Waals surface area contributed by atoms with Crippen molar-refractivity contribution in [3.63, 3.8) is 0 Å². The molecule has 32 heavy (non-hydrogen) atoms. The quantitative estimate of drug-likeness (QED) is 0.302. The Hall–Kier alpha value is -4.18. The number of hydrogen-bond donors (Lipinski definition) is 0. The summed E-state index contributed by atoms with van der Waals surface area (Å²) in [6, 6.07) is 32.3. The molecule has 0 spiro atoms. The molecule has 0 atom stereocenters. The van der Waals surface area contributed by atoms with E-state index in [1.165, 1.54) is 12.1 Å². The highest BCUT2D eigenvalue weighted by atomic mass is 19.1. The summed E-state index contributed by atoms with van der Waals surface area (Å²) < 4.78 is 29.1. The molecule has 0 N–H and O–H groups in total. The maximum atomic E-state index is 14.6. The fourth-order valence-corrected chi connectivity index (χ4v) is 3.66. The van der Waals surface area contributed by atoms with E-state index in [1.54, 1.807) is 42.5 Å². The molecule has 0 radical (unpaired) electrons. The van der Waals surface area contributed by atoms with Gasteiger partial charge in [0.1, 0.15) is 11.6 Å². The van der Waals surface area contributed by atoms with Crippen LogP contribution in [0.4, 0.5) is 8.78 Å². The fourth-order valence-electron chi connectivity index (χ4n) is 3.66. The van der Waals surface area contributed by atoms with Crippen LogP contribution >= 0.6 is 0 Å². The number of hydrogen-bond acceptors (Lipinski definition) is 2. The Morgan fingerprint density at radius 3 is 1.53 bits per heavy atom. The van der Waals surface area contributed by atoms with Gasteiger partial charge in [0, 0.05) is 16.7 Å².